The van der Waals surface area contributed by atoms with Gasteiger partial charge in [0.15, 0.2) is 0 Å². The molecule has 0 spiro atoms. The summed E-state index contributed by atoms with van der Waals surface area (Å²) in [5.74, 6) is 0. The van der Waals surface area contributed by atoms with Gasteiger partial charge in [-0.2, -0.15) is 0 Å². The van der Waals surface area contributed by atoms with Gasteiger partial charge >= 0.3 is 0 Å². The first-order valence-electron chi connectivity index (χ1n) is 6.23. The van der Waals surface area contributed by atoms with Gasteiger partial charge in [0.25, 0.3) is 0 Å². The van der Waals surface area contributed by atoms with Gasteiger partial charge in [-0.05, 0) is 49.3 Å². The van der Waals surface area contributed by atoms with Crippen LogP contribution >= 0.6 is 0 Å². The zero-order chi connectivity index (χ0) is 11.6. The highest BCUT2D eigenvalue weighted by Gasteiger charge is 2.24. The Morgan fingerprint density at radius 3 is 2.75 bits per heavy atom. The molecule has 1 N–H and O–H groups in total. The third-order valence-corrected chi connectivity index (χ3v) is 3.42. The Bertz CT molecular complexity index is 354. The molecule has 16 heavy (non-hydrogen) atoms. The standard InChI is InChI=1S/C14H22N2/c1-11-8-12(10-15-9-11)14(2,3)6-7-16-13-4-5-13/h8-10,13,16H,4-7H2,1-3H3. The largest absolute Gasteiger partial charge is 0.314 e. The summed E-state index contributed by atoms with van der Waals surface area (Å²) in [6.45, 7) is 7.83. The van der Waals surface area contributed by atoms with Crippen LogP contribution in [0.3, 0.4) is 0 Å². The second-order valence-corrected chi connectivity index (χ2v) is 5.61. The van der Waals surface area contributed by atoms with E-state index in [4.69, 9.17) is 0 Å². The van der Waals surface area contributed by atoms with Crippen LogP contribution < -0.4 is 5.32 Å². The van der Waals surface area contributed by atoms with Gasteiger partial charge in [0, 0.05) is 18.4 Å². The molecule has 0 aromatic carbocycles. The Kier molecular flexibility index (Phi) is 3.29. The summed E-state index contributed by atoms with van der Waals surface area (Å²) in [7, 11) is 0. The van der Waals surface area contributed by atoms with Crippen molar-refractivity contribution in [1.82, 2.24) is 10.3 Å². The highest BCUT2D eigenvalue weighted by Crippen LogP contribution is 2.27. The van der Waals surface area contributed by atoms with E-state index in [1.807, 2.05) is 12.4 Å². The summed E-state index contributed by atoms with van der Waals surface area (Å²) in [5, 5.41) is 3.58. The molecule has 0 unspecified atom stereocenters. The highest BCUT2D eigenvalue weighted by molar-refractivity contribution is 5.24. The lowest BCUT2D eigenvalue weighted by molar-refractivity contribution is 0.454. The first-order valence-corrected chi connectivity index (χ1v) is 6.23. The third-order valence-electron chi connectivity index (χ3n) is 3.42. The highest BCUT2D eigenvalue weighted by atomic mass is 14.9. The molecule has 1 saturated carbocycles. The van der Waals surface area contributed by atoms with Gasteiger partial charge < -0.3 is 5.32 Å². The summed E-state index contributed by atoms with van der Waals surface area (Å²) >= 11 is 0. The maximum absolute atomic E-state index is 4.29. The molecule has 88 valence electrons. The van der Waals surface area contributed by atoms with Crippen LogP contribution in [0.2, 0.25) is 0 Å². The summed E-state index contributed by atoms with van der Waals surface area (Å²) in [5.41, 5.74) is 2.83. The number of rotatable bonds is 5. The molecule has 0 aliphatic heterocycles. The number of hydrogen-bond donors (Lipinski definition) is 1. The molecule has 0 radical (unpaired) electrons. The van der Waals surface area contributed by atoms with E-state index in [2.05, 4.69) is 37.1 Å². The van der Waals surface area contributed by atoms with Crippen LogP contribution in [0.4, 0.5) is 0 Å². The smallest absolute Gasteiger partial charge is 0.0305 e. The van der Waals surface area contributed by atoms with Crippen LogP contribution in [-0.4, -0.2) is 17.6 Å². The minimum Gasteiger partial charge on any atom is -0.314 e. The number of nitrogens with one attached hydrogen (secondary N) is 1. The molecule has 2 nitrogen and oxygen atoms in total. The maximum atomic E-state index is 4.29. The number of pyridine rings is 1. The summed E-state index contributed by atoms with van der Waals surface area (Å²) in [6.07, 6.45) is 7.83. The molecule has 1 aliphatic rings. The van der Waals surface area contributed by atoms with Crippen LogP contribution in [0.5, 0.6) is 0 Å². The average Bonchev–Trinajstić information content (AvgIpc) is 3.01. The predicted octanol–water partition coefficient (Wildman–Crippen LogP) is 2.81. The molecule has 0 amide bonds. The Morgan fingerprint density at radius 1 is 1.38 bits per heavy atom. The van der Waals surface area contributed by atoms with Gasteiger partial charge in [-0.15, -0.1) is 0 Å². The Morgan fingerprint density at radius 2 is 2.12 bits per heavy atom. The molecule has 1 aliphatic carbocycles. The fourth-order valence-corrected chi connectivity index (χ4v) is 1.95. The van der Waals surface area contributed by atoms with Gasteiger partial charge in [0.05, 0.1) is 0 Å². The second-order valence-electron chi connectivity index (χ2n) is 5.61. The van der Waals surface area contributed by atoms with Crippen molar-refractivity contribution in [1.29, 1.82) is 0 Å². The van der Waals surface area contributed by atoms with Gasteiger partial charge in [-0.25, -0.2) is 0 Å². The lowest BCUT2D eigenvalue weighted by atomic mass is 9.82. The molecule has 0 atom stereocenters. The van der Waals surface area contributed by atoms with E-state index < -0.39 is 0 Å². The fourth-order valence-electron chi connectivity index (χ4n) is 1.95. The molecule has 1 aromatic rings. The average molecular weight is 218 g/mol. The van der Waals surface area contributed by atoms with E-state index in [9.17, 15) is 0 Å². The van der Waals surface area contributed by atoms with Crippen molar-refractivity contribution in [2.75, 3.05) is 6.54 Å². The van der Waals surface area contributed by atoms with Crippen LogP contribution in [0, 0.1) is 6.92 Å². The van der Waals surface area contributed by atoms with E-state index in [1.165, 1.54) is 30.4 Å². The summed E-state index contributed by atoms with van der Waals surface area (Å²) in [6, 6.07) is 3.07. The van der Waals surface area contributed by atoms with E-state index in [1.54, 1.807) is 0 Å². The first kappa shape index (κ1) is 11.6. The number of aryl methyl sites for hydroxylation is 1. The van der Waals surface area contributed by atoms with E-state index >= 15 is 0 Å². The van der Waals surface area contributed by atoms with Crippen LogP contribution in [0.25, 0.3) is 0 Å². The number of hydrogen-bond acceptors (Lipinski definition) is 2. The zero-order valence-corrected chi connectivity index (χ0v) is 10.6. The SMILES string of the molecule is Cc1cncc(C(C)(C)CCNC2CC2)c1. The normalized spacial score (nSPS) is 16.4. The van der Waals surface area contributed by atoms with Crippen molar-refractivity contribution in [3.8, 4) is 0 Å². The fraction of sp³-hybridized carbons (Fsp3) is 0.643. The van der Waals surface area contributed by atoms with Crippen LogP contribution in [0.15, 0.2) is 18.5 Å². The Hall–Kier alpha value is -0.890. The lowest BCUT2D eigenvalue weighted by Crippen LogP contribution is -2.26. The van der Waals surface area contributed by atoms with Gasteiger partial charge in [-0.3, -0.25) is 4.98 Å². The molecule has 1 heterocycles. The molecule has 0 bridgehead atoms. The maximum Gasteiger partial charge on any atom is 0.0305 e. The molecule has 1 aromatic heterocycles. The first-order chi connectivity index (χ1) is 7.58. The minimum atomic E-state index is 0.223. The molecule has 2 rings (SSSR count). The molecule has 2 heteroatoms. The molecule has 0 saturated heterocycles. The second kappa shape index (κ2) is 4.54. The van der Waals surface area contributed by atoms with Crippen LogP contribution in [0.1, 0.15) is 44.2 Å². The zero-order valence-electron chi connectivity index (χ0n) is 10.6. The Labute approximate surface area is 98.5 Å². The minimum absolute atomic E-state index is 0.223. The van der Waals surface area contributed by atoms with Gasteiger partial charge in [0.2, 0.25) is 0 Å². The monoisotopic (exact) mass is 218 g/mol. The molecule has 1 fully saturated rings. The molecular formula is C14H22N2. The van der Waals surface area contributed by atoms with Crippen LogP contribution in [-0.2, 0) is 5.41 Å². The quantitative estimate of drug-likeness (QED) is 0.822. The predicted molar refractivity (Wildman–Crippen MR) is 67.6 cm³/mol. The van der Waals surface area contributed by atoms with Gasteiger partial charge in [0.1, 0.15) is 0 Å². The van der Waals surface area contributed by atoms with Crippen molar-refractivity contribution in [3.05, 3.63) is 29.6 Å². The third kappa shape index (κ3) is 3.05. The van der Waals surface area contributed by atoms with E-state index in [0.29, 0.717) is 0 Å². The van der Waals surface area contributed by atoms with Crippen molar-refractivity contribution in [2.45, 2.75) is 51.5 Å². The van der Waals surface area contributed by atoms with Crippen molar-refractivity contribution in [2.24, 2.45) is 0 Å². The topological polar surface area (TPSA) is 24.9 Å². The number of nitrogens with zero attached hydrogens (tertiary/aromatic N) is 1. The van der Waals surface area contributed by atoms with E-state index in [0.717, 1.165) is 12.6 Å². The summed E-state index contributed by atoms with van der Waals surface area (Å²) < 4.78 is 0. The summed E-state index contributed by atoms with van der Waals surface area (Å²) in [4.78, 5) is 4.29. The molecular weight excluding hydrogens is 196 g/mol. The Balaban J connectivity index is 1.93. The van der Waals surface area contributed by atoms with Crippen molar-refractivity contribution in [3.63, 3.8) is 0 Å². The van der Waals surface area contributed by atoms with Crippen molar-refractivity contribution >= 4 is 0 Å². The van der Waals surface area contributed by atoms with E-state index in [-0.39, 0.29) is 5.41 Å². The van der Waals surface area contributed by atoms with Crippen molar-refractivity contribution < 1.29 is 0 Å². The lowest BCUT2D eigenvalue weighted by Gasteiger charge is -2.25. The van der Waals surface area contributed by atoms with Gasteiger partial charge in [-0.1, -0.05) is 19.9 Å². The number of aromatic nitrogens is 1.